The summed E-state index contributed by atoms with van der Waals surface area (Å²) in [6.07, 6.45) is 1.77. The predicted molar refractivity (Wildman–Crippen MR) is 82.2 cm³/mol. The van der Waals surface area contributed by atoms with E-state index in [-0.39, 0.29) is 12.0 Å². The van der Waals surface area contributed by atoms with E-state index in [1.165, 1.54) is 0 Å². The lowest BCUT2D eigenvalue weighted by molar-refractivity contribution is -0.138. The Morgan fingerprint density at radius 3 is 2.95 bits per heavy atom. The van der Waals surface area contributed by atoms with Crippen LogP contribution in [-0.4, -0.2) is 46.4 Å². The molecule has 1 atom stereocenters. The maximum Gasteiger partial charge on any atom is 0.223 e. The highest BCUT2D eigenvalue weighted by Gasteiger charge is 2.22. The summed E-state index contributed by atoms with van der Waals surface area (Å²) in [4.78, 5) is 14.2. The minimum atomic E-state index is 0.120. The third-order valence-corrected chi connectivity index (χ3v) is 4.15. The van der Waals surface area contributed by atoms with Gasteiger partial charge in [-0.25, -0.2) is 0 Å². The summed E-state index contributed by atoms with van der Waals surface area (Å²) < 4.78 is 7.34. The molecule has 1 aromatic rings. The minimum absolute atomic E-state index is 0.120. The Bertz CT molecular complexity index is 573. The van der Waals surface area contributed by atoms with Gasteiger partial charge in [0.15, 0.2) is 0 Å². The molecular weight excluding hydrogens is 280 g/mol. The summed E-state index contributed by atoms with van der Waals surface area (Å²) in [5.41, 5.74) is 3.15. The number of carbonyl (C=O) groups excluding carboxylic acids is 1. The van der Waals surface area contributed by atoms with E-state index in [9.17, 15) is 4.79 Å². The van der Waals surface area contributed by atoms with Crippen LogP contribution in [0.2, 0.25) is 0 Å². The summed E-state index contributed by atoms with van der Waals surface area (Å²) in [7, 11) is 0. The van der Waals surface area contributed by atoms with Gasteiger partial charge in [0.05, 0.1) is 37.4 Å². The molecule has 0 spiro atoms. The molecule has 0 radical (unpaired) electrons. The number of aryl methyl sites for hydroxylation is 2. The highest BCUT2D eigenvalue weighted by atomic mass is 16.5. The van der Waals surface area contributed by atoms with Crippen LogP contribution in [0.25, 0.3) is 0 Å². The molecule has 1 unspecified atom stereocenters. The summed E-state index contributed by atoms with van der Waals surface area (Å²) in [5, 5.41) is 13.2. The van der Waals surface area contributed by atoms with E-state index in [2.05, 4.69) is 11.2 Å². The highest BCUT2D eigenvalue weighted by molar-refractivity contribution is 5.76. The normalized spacial score (nSPS) is 18.3. The Labute approximate surface area is 131 Å². The first kappa shape index (κ1) is 16.5. The van der Waals surface area contributed by atoms with Crippen LogP contribution in [0.15, 0.2) is 0 Å². The molecule has 0 saturated carbocycles. The zero-order chi connectivity index (χ0) is 16.1. The van der Waals surface area contributed by atoms with E-state index in [4.69, 9.17) is 10.00 Å². The van der Waals surface area contributed by atoms with Gasteiger partial charge in [-0.05, 0) is 32.8 Å². The zero-order valence-electron chi connectivity index (χ0n) is 13.6. The molecule has 0 aliphatic carbocycles. The van der Waals surface area contributed by atoms with Crippen LogP contribution in [0.5, 0.6) is 0 Å². The molecule has 1 saturated heterocycles. The number of nitriles is 1. The van der Waals surface area contributed by atoms with E-state index in [0.717, 1.165) is 17.0 Å². The molecule has 1 aromatic heterocycles. The predicted octanol–water partition coefficient (Wildman–Crippen LogP) is 1.59. The van der Waals surface area contributed by atoms with Gasteiger partial charge in [0.2, 0.25) is 5.91 Å². The molecular formula is C16H24N4O2. The van der Waals surface area contributed by atoms with Crippen LogP contribution < -0.4 is 0 Å². The minimum Gasteiger partial charge on any atom is -0.375 e. The number of hydrogen-bond acceptors (Lipinski definition) is 4. The van der Waals surface area contributed by atoms with E-state index >= 15 is 0 Å². The SMILES string of the molecule is Cc1nn(CCC#N)c(C)c1CCC(=O)N1CCOC(C)C1. The first-order valence-electron chi connectivity index (χ1n) is 7.82. The largest absolute Gasteiger partial charge is 0.375 e. The molecule has 0 bridgehead atoms. The monoisotopic (exact) mass is 304 g/mol. The van der Waals surface area contributed by atoms with Gasteiger partial charge >= 0.3 is 0 Å². The Morgan fingerprint density at radius 1 is 1.50 bits per heavy atom. The maximum atomic E-state index is 12.3. The first-order valence-corrected chi connectivity index (χ1v) is 7.82. The second-order valence-corrected chi connectivity index (χ2v) is 5.80. The molecule has 120 valence electrons. The Hall–Kier alpha value is -1.87. The topological polar surface area (TPSA) is 71.2 Å². The quantitative estimate of drug-likeness (QED) is 0.828. The third kappa shape index (κ3) is 3.86. The average molecular weight is 304 g/mol. The van der Waals surface area contributed by atoms with Gasteiger partial charge in [-0.1, -0.05) is 0 Å². The van der Waals surface area contributed by atoms with Gasteiger partial charge in [-0.2, -0.15) is 10.4 Å². The molecule has 2 rings (SSSR count). The molecule has 0 aromatic carbocycles. The van der Waals surface area contributed by atoms with E-state index in [1.807, 2.05) is 30.4 Å². The number of rotatable bonds is 5. The fourth-order valence-corrected chi connectivity index (χ4v) is 2.90. The van der Waals surface area contributed by atoms with Gasteiger partial charge in [-0.3, -0.25) is 9.48 Å². The second kappa shape index (κ2) is 7.41. The van der Waals surface area contributed by atoms with Crippen LogP contribution in [0, 0.1) is 25.2 Å². The number of ether oxygens (including phenoxy) is 1. The van der Waals surface area contributed by atoms with Crippen molar-refractivity contribution < 1.29 is 9.53 Å². The summed E-state index contributed by atoms with van der Waals surface area (Å²) >= 11 is 0. The van der Waals surface area contributed by atoms with Crippen molar-refractivity contribution in [3.63, 3.8) is 0 Å². The lowest BCUT2D eigenvalue weighted by Crippen LogP contribution is -2.44. The molecule has 6 heteroatoms. The number of amides is 1. The van der Waals surface area contributed by atoms with E-state index in [0.29, 0.717) is 45.5 Å². The van der Waals surface area contributed by atoms with Crippen LogP contribution in [0.3, 0.4) is 0 Å². The number of morpholine rings is 1. The van der Waals surface area contributed by atoms with Crippen molar-refractivity contribution in [2.75, 3.05) is 19.7 Å². The van der Waals surface area contributed by atoms with Gasteiger partial charge in [-0.15, -0.1) is 0 Å². The zero-order valence-corrected chi connectivity index (χ0v) is 13.6. The van der Waals surface area contributed by atoms with Crippen LogP contribution in [0.1, 0.15) is 36.7 Å². The lowest BCUT2D eigenvalue weighted by Gasteiger charge is -2.31. The van der Waals surface area contributed by atoms with Crippen LogP contribution in [0.4, 0.5) is 0 Å². The van der Waals surface area contributed by atoms with Crippen molar-refractivity contribution in [2.45, 2.75) is 52.7 Å². The molecule has 2 heterocycles. The number of nitrogens with zero attached hydrogens (tertiary/aromatic N) is 4. The Balaban J connectivity index is 1.95. The van der Waals surface area contributed by atoms with Gasteiger partial charge in [0.1, 0.15) is 0 Å². The van der Waals surface area contributed by atoms with Crippen LogP contribution >= 0.6 is 0 Å². The molecule has 1 aliphatic heterocycles. The van der Waals surface area contributed by atoms with Gasteiger partial charge in [0.25, 0.3) is 0 Å². The first-order chi connectivity index (χ1) is 10.5. The Morgan fingerprint density at radius 2 is 2.27 bits per heavy atom. The van der Waals surface area contributed by atoms with E-state index in [1.54, 1.807) is 0 Å². The molecule has 6 nitrogen and oxygen atoms in total. The van der Waals surface area contributed by atoms with Crippen molar-refractivity contribution in [1.29, 1.82) is 5.26 Å². The lowest BCUT2D eigenvalue weighted by atomic mass is 10.1. The van der Waals surface area contributed by atoms with Crippen molar-refractivity contribution >= 4 is 5.91 Å². The second-order valence-electron chi connectivity index (χ2n) is 5.80. The number of aromatic nitrogens is 2. The average Bonchev–Trinajstić information content (AvgIpc) is 2.77. The van der Waals surface area contributed by atoms with Gasteiger partial charge < -0.3 is 9.64 Å². The van der Waals surface area contributed by atoms with Gasteiger partial charge in [0, 0.05) is 25.2 Å². The van der Waals surface area contributed by atoms with Crippen molar-refractivity contribution in [3.05, 3.63) is 17.0 Å². The number of carbonyl (C=O) groups is 1. The van der Waals surface area contributed by atoms with Crippen molar-refractivity contribution in [2.24, 2.45) is 0 Å². The fourth-order valence-electron chi connectivity index (χ4n) is 2.90. The molecule has 1 fully saturated rings. The molecule has 22 heavy (non-hydrogen) atoms. The fraction of sp³-hybridized carbons (Fsp3) is 0.688. The Kier molecular flexibility index (Phi) is 5.56. The highest BCUT2D eigenvalue weighted by Crippen LogP contribution is 2.17. The number of hydrogen-bond donors (Lipinski definition) is 0. The molecule has 1 aliphatic rings. The summed E-state index contributed by atoms with van der Waals surface area (Å²) in [6, 6.07) is 2.14. The third-order valence-electron chi connectivity index (χ3n) is 4.15. The summed E-state index contributed by atoms with van der Waals surface area (Å²) in [6.45, 7) is 8.56. The van der Waals surface area contributed by atoms with Crippen LogP contribution in [-0.2, 0) is 22.5 Å². The van der Waals surface area contributed by atoms with Crippen molar-refractivity contribution in [1.82, 2.24) is 14.7 Å². The summed E-state index contributed by atoms with van der Waals surface area (Å²) in [5.74, 6) is 0.179. The standard InChI is InChI=1S/C16H24N4O2/c1-12-11-19(9-10-22-12)16(21)6-5-15-13(2)18-20(14(15)3)8-4-7-17/h12H,4-6,8-11H2,1-3H3. The smallest absolute Gasteiger partial charge is 0.223 e. The maximum absolute atomic E-state index is 12.3. The van der Waals surface area contributed by atoms with Crippen molar-refractivity contribution in [3.8, 4) is 6.07 Å². The van der Waals surface area contributed by atoms with E-state index < -0.39 is 0 Å². The molecule has 1 amide bonds. The molecule has 0 N–H and O–H groups in total.